The van der Waals surface area contributed by atoms with E-state index < -0.39 is 15.8 Å². The summed E-state index contributed by atoms with van der Waals surface area (Å²) in [6, 6.07) is 3.74. The first-order valence-electron chi connectivity index (χ1n) is 7.86. The third kappa shape index (κ3) is 4.76. The molecule has 2 rings (SSSR count). The van der Waals surface area contributed by atoms with Gasteiger partial charge < -0.3 is 4.90 Å². The molecule has 0 aromatic heterocycles. The molecule has 22 heavy (non-hydrogen) atoms. The largest absolute Gasteiger partial charge is 0.303 e. The molecule has 0 radical (unpaired) electrons. The average molecular weight is 328 g/mol. The average Bonchev–Trinajstić information content (AvgIpc) is 2.43. The van der Waals surface area contributed by atoms with Crippen LogP contribution in [0.1, 0.15) is 31.7 Å². The molecule has 0 spiro atoms. The summed E-state index contributed by atoms with van der Waals surface area (Å²) in [4.78, 5) is 2.55. The molecule has 0 amide bonds. The van der Waals surface area contributed by atoms with E-state index in [0.29, 0.717) is 12.1 Å². The normalized spacial score (nSPS) is 20.2. The fraction of sp³-hybridized carbons (Fsp3) is 0.625. The molecule has 0 aliphatic carbocycles. The molecule has 1 fully saturated rings. The molecule has 0 unspecified atom stereocenters. The van der Waals surface area contributed by atoms with Gasteiger partial charge in [0.1, 0.15) is 5.82 Å². The molecule has 1 saturated heterocycles. The Morgan fingerprint density at radius 3 is 2.86 bits per heavy atom. The first-order valence-corrected chi connectivity index (χ1v) is 9.35. The topological polar surface area (TPSA) is 49.4 Å². The van der Waals surface area contributed by atoms with Crippen molar-refractivity contribution in [3.05, 3.63) is 29.6 Å². The van der Waals surface area contributed by atoms with Gasteiger partial charge in [-0.3, -0.25) is 0 Å². The summed E-state index contributed by atoms with van der Waals surface area (Å²) in [5, 5.41) is 0. The van der Waals surface area contributed by atoms with Gasteiger partial charge in [0.2, 0.25) is 10.0 Å². The van der Waals surface area contributed by atoms with Crippen molar-refractivity contribution in [2.75, 3.05) is 26.2 Å². The van der Waals surface area contributed by atoms with Crippen molar-refractivity contribution in [1.29, 1.82) is 0 Å². The van der Waals surface area contributed by atoms with Gasteiger partial charge in [-0.2, -0.15) is 0 Å². The van der Waals surface area contributed by atoms with Gasteiger partial charge in [-0.1, -0.05) is 6.92 Å². The minimum Gasteiger partial charge on any atom is -0.303 e. The van der Waals surface area contributed by atoms with Crippen molar-refractivity contribution >= 4 is 10.0 Å². The summed E-state index contributed by atoms with van der Waals surface area (Å²) in [7, 11) is -3.56. The molecule has 1 aromatic carbocycles. The van der Waals surface area contributed by atoms with Gasteiger partial charge in [0.15, 0.2) is 0 Å². The lowest BCUT2D eigenvalue weighted by atomic mass is 10.0. The van der Waals surface area contributed by atoms with E-state index in [0.717, 1.165) is 32.0 Å². The highest BCUT2D eigenvalue weighted by atomic mass is 32.2. The van der Waals surface area contributed by atoms with E-state index in [1.54, 1.807) is 6.92 Å². The Bertz CT molecular complexity index is 604. The molecule has 1 N–H and O–H groups in total. The van der Waals surface area contributed by atoms with Gasteiger partial charge in [0.25, 0.3) is 0 Å². The van der Waals surface area contributed by atoms with Crippen molar-refractivity contribution in [2.24, 2.45) is 5.92 Å². The summed E-state index contributed by atoms with van der Waals surface area (Å²) < 4.78 is 40.1. The minimum atomic E-state index is -3.56. The Hall–Kier alpha value is -0.980. The molecule has 1 aliphatic rings. The second kappa shape index (κ2) is 7.53. The zero-order chi connectivity index (χ0) is 16.2. The van der Waals surface area contributed by atoms with Crippen molar-refractivity contribution in [3.63, 3.8) is 0 Å². The fourth-order valence-corrected chi connectivity index (χ4v) is 4.29. The van der Waals surface area contributed by atoms with E-state index >= 15 is 0 Å². The van der Waals surface area contributed by atoms with E-state index in [1.807, 2.05) is 0 Å². The van der Waals surface area contributed by atoms with Crippen LogP contribution < -0.4 is 4.72 Å². The first-order chi connectivity index (χ1) is 10.4. The molecule has 1 heterocycles. The molecule has 0 bridgehead atoms. The highest BCUT2D eigenvalue weighted by molar-refractivity contribution is 7.89. The molecule has 124 valence electrons. The fourth-order valence-electron chi connectivity index (χ4n) is 2.99. The second-order valence-electron chi connectivity index (χ2n) is 6.21. The molecule has 6 heteroatoms. The Morgan fingerprint density at radius 2 is 2.18 bits per heavy atom. The third-order valence-electron chi connectivity index (χ3n) is 4.11. The third-order valence-corrected chi connectivity index (χ3v) is 5.73. The predicted molar refractivity (Wildman–Crippen MR) is 85.8 cm³/mol. The zero-order valence-electron chi connectivity index (χ0n) is 13.3. The molecule has 1 atom stereocenters. The number of benzene rings is 1. The van der Waals surface area contributed by atoms with E-state index in [2.05, 4.69) is 16.5 Å². The number of hydrogen-bond donors (Lipinski definition) is 1. The Balaban J connectivity index is 1.82. The predicted octanol–water partition coefficient (Wildman–Crippen LogP) is 2.53. The van der Waals surface area contributed by atoms with Crippen LogP contribution in [0.15, 0.2) is 23.1 Å². The van der Waals surface area contributed by atoms with Crippen molar-refractivity contribution in [1.82, 2.24) is 9.62 Å². The lowest BCUT2D eigenvalue weighted by Gasteiger charge is -2.30. The zero-order valence-corrected chi connectivity index (χ0v) is 14.1. The van der Waals surface area contributed by atoms with Gasteiger partial charge >= 0.3 is 0 Å². The van der Waals surface area contributed by atoms with Crippen LogP contribution in [0.2, 0.25) is 0 Å². The molecular formula is C16H25FN2O2S. The monoisotopic (exact) mass is 328 g/mol. The lowest BCUT2D eigenvalue weighted by molar-refractivity contribution is 0.182. The molecule has 1 aromatic rings. The number of nitrogens with zero attached hydrogens (tertiary/aromatic N) is 1. The van der Waals surface area contributed by atoms with Crippen LogP contribution in [-0.4, -0.2) is 39.5 Å². The quantitative estimate of drug-likeness (QED) is 0.817. The maximum Gasteiger partial charge on any atom is 0.240 e. The Labute approximate surface area is 132 Å². The molecule has 0 saturated carbocycles. The second-order valence-corrected chi connectivity index (χ2v) is 7.94. The molecule has 4 nitrogen and oxygen atoms in total. The lowest BCUT2D eigenvalue weighted by Crippen LogP contribution is -2.36. The van der Waals surface area contributed by atoms with Gasteiger partial charge in [-0.15, -0.1) is 0 Å². The molecular weight excluding hydrogens is 303 g/mol. The van der Waals surface area contributed by atoms with Crippen LogP contribution in [0, 0.1) is 18.7 Å². The number of rotatable bonds is 6. The number of sulfonamides is 1. The highest BCUT2D eigenvalue weighted by Crippen LogP contribution is 2.17. The van der Waals surface area contributed by atoms with Crippen LogP contribution in [0.25, 0.3) is 0 Å². The number of likely N-dealkylation sites (tertiary alicyclic amines) is 1. The van der Waals surface area contributed by atoms with Crippen LogP contribution in [0.3, 0.4) is 0 Å². The Morgan fingerprint density at radius 1 is 1.41 bits per heavy atom. The molecule has 1 aliphatic heterocycles. The minimum absolute atomic E-state index is 0.153. The van der Waals surface area contributed by atoms with Crippen molar-refractivity contribution in [2.45, 2.75) is 38.0 Å². The number of nitrogens with one attached hydrogen (secondary N) is 1. The summed E-state index contributed by atoms with van der Waals surface area (Å²) in [6.07, 6.45) is 3.29. The maximum atomic E-state index is 13.1. The highest BCUT2D eigenvalue weighted by Gasteiger charge is 2.18. The standard InChI is InChI=1S/C16H25FN2O2S/c1-13-5-3-9-19(12-13)10-4-8-18-22(20,21)16-7-6-15(17)11-14(16)2/h6-7,11,13,18H,3-5,8-10,12H2,1-2H3/t13-/m1/s1. The first kappa shape index (κ1) is 17.4. The van der Waals surface area contributed by atoms with E-state index in [9.17, 15) is 12.8 Å². The van der Waals surface area contributed by atoms with Crippen molar-refractivity contribution in [3.8, 4) is 0 Å². The summed E-state index contributed by atoms with van der Waals surface area (Å²) in [5.41, 5.74) is 0.428. The SMILES string of the molecule is Cc1cc(F)ccc1S(=O)(=O)NCCCN1CCC[C@@H](C)C1. The van der Waals surface area contributed by atoms with Crippen LogP contribution in [0.4, 0.5) is 4.39 Å². The number of piperidine rings is 1. The van der Waals surface area contributed by atoms with Crippen LogP contribution >= 0.6 is 0 Å². The van der Waals surface area contributed by atoms with E-state index in [1.165, 1.54) is 31.0 Å². The maximum absolute atomic E-state index is 13.1. The van der Waals surface area contributed by atoms with Gasteiger partial charge in [-0.05, 0) is 69.0 Å². The van der Waals surface area contributed by atoms with E-state index in [4.69, 9.17) is 0 Å². The summed E-state index contributed by atoms with van der Waals surface area (Å²) >= 11 is 0. The smallest absolute Gasteiger partial charge is 0.240 e. The van der Waals surface area contributed by atoms with Crippen molar-refractivity contribution < 1.29 is 12.8 Å². The van der Waals surface area contributed by atoms with Gasteiger partial charge in [0, 0.05) is 13.1 Å². The van der Waals surface area contributed by atoms with Crippen LogP contribution in [-0.2, 0) is 10.0 Å². The van der Waals surface area contributed by atoms with E-state index in [-0.39, 0.29) is 4.90 Å². The summed E-state index contributed by atoms with van der Waals surface area (Å²) in [5.74, 6) is 0.308. The van der Waals surface area contributed by atoms with Crippen LogP contribution in [0.5, 0.6) is 0 Å². The van der Waals surface area contributed by atoms with Gasteiger partial charge in [-0.25, -0.2) is 17.5 Å². The summed E-state index contributed by atoms with van der Waals surface area (Å²) in [6.45, 7) is 7.39. The number of hydrogen-bond acceptors (Lipinski definition) is 3. The number of aryl methyl sites for hydroxylation is 1. The number of halogens is 1. The van der Waals surface area contributed by atoms with Gasteiger partial charge in [0.05, 0.1) is 4.90 Å². The Kier molecular flexibility index (Phi) is 5.94.